The van der Waals surface area contributed by atoms with Crippen molar-refractivity contribution in [2.45, 2.75) is 32.8 Å². The molecular formula is C11H20O4. The monoisotopic (exact) mass is 216 g/mol. The van der Waals surface area contributed by atoms with E-state index in [0.717, 1.165) is 6.42 Å². The van der Waals surface area contributed by atoms with Crippen molar-refractivity contribution >= 4 is 5.97 Å². The maximum Gasteiger partial charge on any atom is 0.312 e. The normalized spacial score (nSPS) is 28.2. The molecule has 0 aliphatic carbocycles. The molecule has 0 aromatic rings. The number of hydrogen-bond acceptors (Lipinski definition) is 4. The predicted octanol–water partition coefficient (Wildman–Crippen LogP) is 0.565. The van der Waals surface area contributed by atoms with Crippen molar-refractivity contribution in [3.05, 3.63) is 0 Å². The third-order valence-corrected chi connectivity index (χ3v) is 2.91. The molecule has 4 nitrogen and oxygen atoms in total. The lowest BCUT2D eigenvalue weighted by molar-refractivity contribution is -0.144. The van der Waals surface area contributed by atoms with Crippen molar-refractivity contribution in [1.29, 1.82) is 0 Å². The largest absolute Gasteiger partial charge is 0.465 e. The fraction of sp³-hybridized carbons (Fsp3) is 0.909. The Labute approximate surface area is 90.2 Å². The molecule has 0 aromatic heterocycles. The van der Waals surface area contributed by atoms with E-state index in [0.29, 0.717) is 12.3 Å². The van der Waals surface area contributed by atoms with Crippen molar-refractivity contribution in [2.75, 3.05) is 13.2 Å². The summed E-state index contributed by atoms with van der Waals surface area (Å²) in [5.41, 5.74) is 0. The number of rotatable bonds is 5. The van der Waals surface area contributed by atoms with Gasteiger partial charge < -0.3 is 14.9 Å². The number of carbonyl (C=O) groups is 1. The number of esters is 1. The Kier molecular flexibility index (Phi) is 4.54. The Morgan fingerprint density at radius 2 is 2.13 bits per heavy atom. The molecule has 0 spiro atoms. The van der Waals surface area contributed by atoms with Crippen LogP contribution in [-0.2, 0) is 9.53 Å². The Morgan fingerprint density at radius 1 is 1.47 bits per heavy atom. The number of carbonyl (C=O) groups excluding carboxylic acids is 1. The van der Waals surface area contributed by atoms with Crippen molar-refractivity contribution < 1.29 is 19.7 Å². The molecule has 88 valence electrons. The summed E-state index contributed by atoms with van der Waals surface area (Å²) in [5, 5.41) is 18.9. The van der Waals surface area contributed by atoms with Crippen LogP contribution in [0.4, 0.5) is 0 Å². The van der Waals surface area contributed by atoms with E-state index in [2.05, 4.69) is 13.8 Å². The summed E-state index contributed by atoms with van der Waals surface area (Å²) in [4.78, 5) is 11.3. The molecule has 0 radical (unpaired) electrons. The molecular weight excluding hydrogens is 196 g/mol. The number of aliphatic hydroxyl groups is 2. The molecule has 2 N–H and O–H groups in total. The third-order valence-electron chi connectivity index (χ3n) is 2.91. The van der Waals surface area contributed by atoms with Gasteiger partial charge in [0.1, 0.15) is 0 Å². The summed E-state index contributed by atoms with van der Waals surface area (Å²) in [6.45, 7) is 4.28. The van der Waals surface area contributed by atoms with Gasteiger partial charge in [0.15, 0.2) is 0 Å². The van der Waals surface area contributed by atoms with Crippen molar-refractivity contribution in [3.8, 4) is 0 Å². The van der Waals surface area contributed by atoms with E-state index in [1.54, 1.807) is 0 Å². The lowest BCUT2D eigenvalue weighted by Crippen LogP contribution is -2.31. The van der Waals surface area contributed by atoms with Crippen LogP contribution in [-0.4, -0.2) is 35.5 Å². The second kappa shape index (κ2) is 5.47. The van der Waals surface area contributed by atoms with Gasteiger partial charge in [-0.2, -0.15) is 0 Å². The highest BCUT2D eigenvalue weighted by molar-refractivity contribution is 5.75. The first-order chi connectivity index (χ1) is 7.06. The smallest absolute Gasteiger partial charge is 0.312 e. The van der Waals surface area contributed by atoms with Gasteiger partial charge in [-0.05, 0) is 18.8 Å². The van der Waals surface area contributed by atoms with Gasteiger partial charge >= 0.3 is 5.97 Å². The van der Waals surface area contributed by atoms with Gasteiger partial charge in [-0.1, -0.05) is 13.8 Å². The quantitative estimate of drug-likeness (QED) is 0.659. The van der Waals surface area contributed by atoms with Gasteiger partial charge in [-0.25, -0.2) is 0 Å². The number of hydrogen-bond donors (Lipinski definition) is 2. The first kappa shape index (κ1) is 12.5. The minimum Gasteiger partial charge on any atom is -0.465 e. The summed E-state index contributed by atoms with van der Waals surface area (Å²) < 4.78 is 4.84. The van der Waals surface area contributed by atoms with E-state index >= 15 is 0 Å². The minimum absolute atomic E-state index is 0.102. The van der Waals surface area contributed by atoms with Gasteiger partial charge in [0.2, 0.25) is 0 Å². The molecule has 0 bridgehead atoms. The highest BCUT2D eigenvalue weighted by Gasteiger charge is 2.41. The lowest BCUT2D eigenvalue weighted by atomic mass is 9.87. The van der Waals surface area contributed by atoms with Crippen LogP contribution >= 0.6 is 0 Å². The van der Waals surface area contributed by atoms with Crippen molar-refractivity contribution in [3.63, 3.8) is 0 Å². The van der Waals surface area contributed by atoms with Gasteiger partial charge in [0, 0.05) is 5.92 Å². The fourth-order valence-electron chi connectivity index (χ4n) is 1.90. The van der Waals surface area contributed by atoms with Crippen molar-refractivity contribution in [2.24, 2.45) is 17.8 Å². The summed E-state index contributed by atoms with van der Waals surface area (Å²) in [6, 6.07) is 0. The van der Waals surface area contributed by atoms with Crippen LogP contribution < -0.4 is 0 Å². The first-order valence-electron chi connectivity index (χ1n) is 5.51. The SMILES string of the molecule is CC(C)CC[C@H](O)[C@@H]1C(=O)OC[C@H]1CO. The molecule has 1 aliphatic heterocycles. The van der Waals surface area contributed by atoms with Gasteiger partial charge in [0.05, 0.1) is 25.2 Å². The van der Waals surface area contributed by atoms with E-state index in [1.807, 2.05) is 0 Å². The van der Waals surface area contributed by atoms with E-state index in [9.17, 15) is 9.90 Å². The molecule has 0 unspecified atom stereocenters. The highest BCUT2D eigenvalue weighted by atomic mass is 16.5. The zero-order valence-electron chi connectivity index (χ0n) is 9.35. The van der Waals surface area contributed by atoms with Gasteiger partial charge in [0.25, 0.3) is 0 Å². The standard InChI is InChI=1S/C11H20O4/c1-7(2)3-4-9(13)10-8(5-12)6-15-11(10)14/h7-10,12-13H,3-6H2,1-2H3/t8-,9+,10-/m1/s1. The average molecular weight is 216 g/mol. The Hall–Kier alpha value is -0.610. The molecule has 1 aliphatic rings. The maximum absolute atomic E-state index is 11.3. The molecule has 4 heteroatoms. The van der Waals surface area contributed by atoms with E-state index in [-0.39, 0.29) is 25.1 Å². The molecule has 3 atom stereocenters. The molecule has 1 saturated heterocycles. The third kappa shape index (κ3) is 3.18. The van der Waals surface area contributed by atoms with E-state index < -0.39 is 12.0 Å². The minimum atomic E-state index is -0.681. The van der Waals surface area contributed by atoms with Crippen LogP contribution in [0.15, 0.2) is 0 Å². The van der Waals surface area contributed by atoms with Crippen LogP contribution in [0.25, 0.3) is 0 Å². The summed E-state index contributed by atoms with van der Waals surface area (Å²) in [6.07, 6.45) is 0.788. The molecule has 15 heavy (non-hydrogen) atoms. The second-order valence-corrected chi connectivity index (χ2v) is 4.64. The Bertz CT molecular complexity index is 215. The highest BCUT2D eigenvalue weighted by Crippen LogP contribution is 2.27. The van der Waals surface area contributed by atoms with E-state index in [1.165, 1.54) is 0 Å². The van der Waals surface area contributed by atoms with Crippen LogP contribution in [0.5, 0.6) is 0 Å². The van der Waals surface area contributed by atoms with Crippen molar-refractivity contribution in [1.82, 2.24) is 0 Å². The molecule has 0 amide bonds. The Morgan fingerprint density at radius 3 is 2.67 bits per heavy atom. The summed E-state index contributed by atoms with van der Waals surface area (Å²) >= 11 is 0. The topological polar surface area (TPSA) is 66.8 Å². The van der Waals surface area contributed by atoms with E-state index in [4.69, 9.17) is 9.84 Å². The fourth-order valence-corrected chi connectivity index (χ4v) is 1.90. The summed E-state index contributed by atoms with van der Waals surface area (Å²) in [5.74, 6) is -0.636. The molecule has 0 aromatic carbocycles. The van der Waals surface area contributed by atoms with Crippen LogP contribution in [0.3, 0.4) is 0 Å². The van der Waals surface area contributed by atoms with Gasteiger partial charge in [-0.15, -0.1) is 0 Å². The Balaban J connectivity index is 2.48. The summed E-state index contributed by atoms with van der Waals surface area (Å²) in [7, 11) is 0. The zero-order chi connectivity index (χ0) is 11.4. The van der Waals surface area contributed by atoms with Crippen LogP contribution in [0.1, 0.15) is 26.7 Å². The second-order valence-electron chi connectivity index (χ2n) is 4.64. The molecule has 1 rings (SSSR count). The van der Waals surface area contributed by atoms with Crippen LogP contribution in [0.2, 0.25) is 0 Å². The number of ether oxygens (including phenoxy) is 1. The number of aliphatic hydroxyl groups excluding tert-OH is 2. The molecule has 0 saturated carbocycles. The predicted molar refractivity (Wildman–Crippen MR) is 55.1 cm³/mol. The van der Waals surface area contributed by atoms with Crippen LogP contribution in [0, 0.1) is 17.8 Å². The lowest BCUT2D eigenvalue weighted by Gasteiger charge is -2.19. The molecule has 1 fully saturated rings. The maximum atomic E-state index is 11.3. The first-order valence-corrected chi connectivity index (χ1v) is 5.51. The zero-order valence-corrected chi connectivity index (χ0v) is 9.35. The van der Waals surface area contributed by atoms with Gasteiger partial charge in [-0.3, -0.25) is 4.79 Å². The molecule has 1 heterocycles. The number of cyclic esters (lactones) is 1. The average Bonchev–Trinajstić information content (AvgIpc) is 2.56.